The van der Waals surface area contributed by atoms with Gasteiger partial charge in [0, 0.05) is 42.3 Å². The van der Waals surface area contributed by atoms with E-state index in [-0.39, 0.29) is 0 Å². The van der Waals surface area contributed by atoms with Crippen LogP contribution in [0.2, 0.25) is 0 Å². The van der Waals surface area contributed by atoms with Crippen LogP contribution in [0.25, 0.3) is 9.53 Å². The molecule has 0 saturated heterocycles. The standard InChI is InChI=1S/C21H20N6S2/c1-3-27(4-2)17-7-5-16(6-8-17)25-26-21-24-20-19(29-21)13-18(28-20)14-23-15-9-11-22-12-10-15/h5-14H,3-4H2,1-2H3/b23-14+,26-25?. The minimum atomic E-state index is 0.664. The van der Waals surface area contributed by atoms with Gasteiger partial charge in [0.15, 0.2) is 0 Å². The number of hydrogen-bond acceptors (Lipinski definition) is 8. The Kier molecular flexibility index (Phi) is 6.02. The molecule has 146 valence electrons. The number of aromatic nitrogens is 2. The zero-order valence-electron chi connectivity index (χ0n) is 16.2. The summed E-state index contributed by atoms with van der Waals surface area (Å²) in [5, 5.41) is 9.30. The maximum Gasteiger partial charge on any atom is 0.231 e. The molecule has 0 aliphatic heterocycles. The van der Waals surface area contributed by atoms with E-state index in [0.717, 1.165) is 38.9 Å². The van der Waals surface area contributed by atoms with Crippen molar-refractivity contribution < 1.29 is 0 Å². The Morgan fingerprint density at radius 3 is 2.38 bits per heavy atom. The van der Waals surface area contributed by atoms with Crippen LogP contribution in [0.4, 0.5) is 22.2 Å². The van der Waals surface area contributed by atoms with E-state index in [1.54, 1.807) is 23.7 Å². The second-order valence-electron chi connectivity index (χ2n) is 6.17. The van der Waals surface area contributed by atoms with E-state index < -0.39 is 0 Å². The van der Waals surface area contributed by atoms with Gasteiger partial charge in [-0.25, -0.2) is 4.98 Å². The van der Waals surface area contributed by atoms with Gasteiger partial charge in [0.05, 0.1) is 16.1 Å². The van der Waals surface area contributed by atoms with E-state index in [1.807, 2.05) is 30.5 Å². The molecule has 0 N–H and O–H groups in total. The lowest BCUT2D eigenvalue weighted by Gasteiger charge is -2.20. The van der Waals surface area contributed by atoms with Crippen molar-refractivity contribution in [3.63, 3.8) is 0 Å². The van der Waals surface area contributed by atoms with E-state index in [2.05, 4.69) is 62.1 Å². The molecule has 4 aromatic rings. The van der Waals surface area contributed by atoms with Gasteiger partial charge < -0.3 is 4.90 Å². The van der Waals surface area contributed by atoms with E-state index in [0.29, 0.717) is 5.13 Å². The minimum absolute atomic E-state index is 0.664. The number of anilines is 1. The zero-order valence-corrected chi connectivity index (χ0v) is 17.8. The van der Waals surface area contributed by atoms with Crippen LogP contribution < -0.4 is 4.90 Å². The smallest absolute Gasteiger partial charge is 0.231 e. The molecule has 1 aromatic carbocycles. The lowest BCUT2D eigenvalue weighted by Crippen LogP contribution is -2.21. The van der Waals surface area contributed by atoms with E-state index >= 15 is 0 Å². The molecule has 0 aliphatic rings. The van der Waals surface area contributed by atoms with Crippen molar-refractivity contribution in [2.24, 2.45) is 15.2 Å². The quantitative estimate of drug-likeness (QED) is 0.245. The van der Waals surface area contributed by atoms with Gasteiger partial charge in [-0.05, 0) is 56.3 Å². The molecule has 4 rings (SSSR count). The van der Waals surface area contributed by atoms with Gasteiger partial charge in [-0.15, -0.1) is 21.6 Å². The molecule has 29 heavy (non-hydrogen) atoms. The van der Waals surface area contributed by atoms with Gasteiger partial charge in [-0.3, -0.25) is 9.98 Å². The molecule has 0 unspecified atom stereocenters. The van der Waals surface area contributed by atoms with Crippen LogP contribution in [-0.2, 0) is 0 Å². The summed E-state index contributed by atoms with van der Waals surface area (Å²) < 4.78 is 1.09. The number of aliphatic imine (C=N–C) groups is 1. The molecule has 0 fully saturated rings. The zero-order chi connectivity index (χ0) is 20.1. The first-order chi connectivity index (χ1) is 14.2. The number of thiophene rings is 1. The predicted molar refractivity (Wildman–Crippen MR) is 123 cm³/mol. The number of benzene rings is 1. The Hall–Kier alpha value is -2.97. The molecule has 6 nitrogen and oxygen atoms in total. The van der Waals surface area contributed by atoms with Crippen molar-refractivity contribution in [2.45, 2.75) is 13.8 Å². The maximum absolute atomic E-state index is 4.57. The third kappa shape index (κ3) is 4.72. The second kappa shape index (κ2) is 9.02. The monoisotopic (exact) mass is 420 g/mol. The SMILES string of the molecule is CCN(CC)c1ccc(N=Nc2nc3sc(/C=N/c4ccncc4)cc3s2)cc1. The van der Waals surface area contributed by atoms with Gasteiger partial charge in [-0.2, -0.15) is 0 Å². The van der Waals surface area contributed by atoms with Crippen LogP contribution in [0.1, 0.15) is 18.7 Å². The molecule has 0 aliphatic carbocycles. The summed E-state index contributed by atoms with van der Waals surface area (Å²) in [5.41, 5.74) is 2.90. The van der Waals surface area contributed by atoms with E-state index in [1.165, 1.54) is 17.0 Å². The third-order valence-electron chi connectivity index (χ3n) is 4.33. The van der Waals surface area contributed by atoms with Gasteiger partial charge in [0.1, 0.15) is 4.83 Å². The summed E-state index contributed by atoms with van der Waals surface area (Å²) in [6, 6.07) is 14.0. The molecule has 3 aromatic heterocycles. The number of thiazole rings is 1. The number of nitrogens with zero attached hydrogens (tertiary/aromatic N) is 6. The van der Waals surface area contributed by atoms with Gasteiger partial charge >= 0.3 is 0 Å². The molecule has 0 saturated carbocycles. The third-order valence-corrected chi connectivity index (χ3v) is 6.31. The molecular weight excluding hydrogens is 400 g/mol. The Morgan fingerprint density at radius 1 is 0.931 bits per heavy atom. The van der Waals surface area contributed by atoms with Gasteiger partial charge in [0.2, 0.25) is 5.13 Å². The average molecular weight is 421 g/mol. The first-order valence-electron chi connectivity index (χ1n) is 9.36. The maximum atomic E-state index is 4.57. The Morgan fingerprint density at radius 2 is 1.69 bits per heavy atom. The summed E-state index contributed by atoms with van der Waals surface area (Å²) in [5.74, 6) is 0. The van der Waals surface area contributed by atoms with Gasteiger partial charge in [0.25, 0.3) is 0 Å². The van der Waals surface area contributed by atoms with Crippen LogP contribution in [0.15, 0.2) is 70.1 Å². The molecule has 0 spiro atoms. The number of pyridine rings is 1. The van der Waals surface area contributed by atoms with Crippen LogP contribution in [0, 0.1) is 0 Å². The van der Waals surface area contributed by atoms with Crippen LogP contribution in [0.5, 0.6) is 0 Å². The van der Waals surface area contributed by atoms with Crippen LogP contribution >= 0.6 is 22.7 Å². The predicted octanol–water partition coefficient (Wildman–Crippen LogP) is 6.77. The van der Waals surface area contributed by atoms with Crippen molar-refractivity contribution >= 4 is 60.6 Å². The highest BCUT2D eigenvalue weighted by Gasteiger charge is 2.07. The molecule has 0 bridgehead atoms. The number of fused-ring (bicyclic) bond motifs is 1. The molecular formula is C21H20N6S2. The summed E-state index contributed by atoms with van der Waals surface area (Å²) in [6.45, 7) is 6.29. The highest BCUT2D eigenvalue weighted by molar-refractivity contribution is 7.29. The minimum Gasteiger partial charge on any atom is -0.372 e. The molecule has 0 atom stereocenters. The van der Waals surface area contributed by atoms with Crippen molar-refractivity contribution in [2.75, 3.05) is 18.0 Å². The largest absolute Gasteiger partial charge is 0.372 e. The van der Waals surface area contributed by atoms with Crippen LogP contribution in [-0.4, -0.2) is 29.3 Å². The highest BCUT2D eigenvalue weighted by Crippen LogP contribution is 2.34. The molecule has 8 heteroatoms. The van der Waals surface area contributed by atoms with Crippen LogP contribution in [0.3, 0.4) is 0 Å². The first kappa shape index (κ1) is 19.4. The highest BCUT2D eigenvalue weighted by atomic mass is 32.1. The van der Waals surface area contributed by atoms with Crippen molar-refractivity contribution in [3.8, 4) is 0 Å². The number of rotatable bonds is 7. The van der Waals surface area contributed by atoms with E-state index in [4.69, 9.17) is 0 Å². The molecule has 0 radical (unpaired) electrons. The van der Waals surface area contributed by atoms with Crippen molar-refractivity contribution in [1.29, 1.82) is 0 Å². The fourth-order valence-electron chi connectivity index (χ4n) is 2.84. The number of azo groups is 1. The average Bonchev–Trinajstić information content (AvgIpc) is 3.32. The summed E-state index contributed by atoms with van der Waals surface area (Å²) in [6.07, 6.45) is 5.32. The molecule has 0 amide bonds. The lowest BCUT2D eigenvalue weighted by atomic mass is 10.2. The summed E-state index contributed by atoms with van der Waals surface area (Å²) >= 11 is 3.13. The topological polar surface area (TPSA) is 66.1 Å². The summed E-state index contributed by atoms with van der Waals surface area (Å²) in [4.78, 5) is 17.3. The number of hydrogen-bond donors (Lipinski definition) is 0. The second-order valence-corrected chi connectivity index (χ2v) is 8.24. The fourth-order valence-corrected chi connectivity index (χ4v) is 4.75. The van der Waals surface area contributed by atoms with Crippen molar-refractivity contribution in [3.05, 3.63) is 59.7 Å². The van der Waals surface area contributed by atoms with Crippen molar-refractivity contribution in [1.82, 2.24) is 9.97 Å². The van der Waals surface area contributed by atoms with E-state index in [9.17, 15) is 0 Å². The Labute approximate surface area is 177 Å². The fraction of sp³-hybridized carbons (Fsp3) is 0.190. The molecule has 3 heterocycles. The lowest BCUT2D eigenvalue weighted by molar-refractivity contribution is 0.866. The summed E-state index contributed by atoms with van der Waals surface area (Å²) in [7, 11) is 0. The first-order valence-corrected chi connectivity index (χ1v) is 11.0. The normalized spacial score (nSPS) is 11.8. The van der Waals surface area contributed by atoms with Gasteiger partial charge in [-0.1, -0.05) is 11.3 Å². The Bertz CT molecular complexity index is 1090. The Balaban J connectivity index is 1.45.